The van der Waals surface area contributed by atoms with Gasteiger partial charge in [0.1, 0.15) is 11.6 Å². The predicted molar refractivity (Wildman–Crippen MR) is 92.8 cm³/mol. The van der Waals surface area contributed by atoms with Gasteiger partial charge in [-0.1, -0.05) is 34.1 Å². The lowest BCUT2D eigenvalue weighted by atomic mass is 9.68. The minimum absolute atomic E-state index is 0.161. The van der Waals surface area contributed by atoms with Crippen LogP contribution in [0.25, 0.3) is 0 Å². The molecule has 0 radical (unpaired) electrons. The Hall–Kier alpha value is -0.570. The van der Waals surface area contributed by atoms with Crippen LogP contribution in [0.15, 0.2) is 0 Å². The molecule has 3 aliphatic rings. The van der Waals surface area contributed by atoms with Crippen LogP contribution in [0.4, 0.5) is 0 Å². The van der Waals surface area contributed by atoms with Crippen molar-refractivity contribution in [3.63, 3.8) is 0 Å². The molecule has 2 bridgehead atoms. The number of rotatable bonds is 6. The molecule has 3 heteroatoms. The molecule has 8 atom stereocenters. The number of carbonyl (C=O) groups excluding carboxylic acids is 1. The summed E-state index contributed by atoms with van der Waals surface area (Å²) in [4.78, 5) is 12.5. The molecule has 8 unspecified atom stereocenters. The van der Waals surface area contributed by atoms with Gasteiger partial charge in [-0.25, -0.2) is 0 Å². The zero-order chi connectivity index (χ0) is 16.8. The van der Waals surface area contributed by atoms with E-state index in [1.165, 1.54) is 12.8 Å². The molecule has 0 aliphatic heterocycles. The highest BCUT2D eigenvalue weighted by atomic mass is 16.6. The van der Waals surface area contributed by atoms with E-state index >= 15 is 0 Å². The first kappa shape index (κ1) is 17.3. The maximum Gasteiger partial charge on any atom is 0.323 e. The molecule has 2 N–H and O–H groups in total. The summed E-state index contributed by atoms with van der Waals surface area (Å²) in [6.45, 7) is 9.05. The number of esters is 1. The Kier molecular flexibility index (Phi) is 4.79. The van der Waals surface area contributed by atoms with Crippen molar-refractivity contribution in [2.75, 3.05) is 0 Å². The lowest BCUT2D eigenvalue weighted by Crippen LogP contribution is -2.49. The Balaban J connectivity index is 1.82. The number of carbonyl (C=O) groups is 1. The Bertz CT molecular complexity index is 451. The van der Waals surface area contributed by atoms with Gasteiger partial charge in [0.2, 0.25) is 0 Å². The molecule has 3 saturated carbocycles. The van der Waals surface area contributed by atoms with Crippen molar-refractivity contribution in [1.82, 2.24) is 0 Å². The van der Waals surface area contributed by atoms with Crippen molar-refractivity contribution in [3.8, 4) is 0 Å². The van der Waals surface area contributed by atoms with E-state index in [2.05, 4.69) is 20.8 Å². The number of nitrogens with two attached hydrogens (primary N) is 1. The van der Waals surface area contributed by atoms with Gasteiger partial charge in [-0.2, -0.15) is 0 Å². The van der Waals surface area contributed by atoms with Gasteiger partial charge in [0.05, 0.1) is 0 Å². The van der Waals surface area contributed by atoms with Gasteiger partial charge in [0.15, 0.2) is 0 Å². The molecule has 3 fully saturated rings. The van der Waals surface area contributed by atoms with Gasteiger partial charge in [0, 0.05) is 5.92 Å². The quantitative estimate of drug-likeness (QED) is 0.748. The van der Waals surface area contributed by atoms with Crippen molar-refractivity contribution >= 4 is 5.97 Å². The van der Waals surface area contributed by atoms with E-state index in [4.69, 9.17) is 10.5 Å². The standard InChI is InChI=1S/C20H35NO2/c1-5-7-8-20(23-19(22)16(21)6-2)11-14-10-15(20)18-13(4)9-12(3)17(14)18/h12-18H,5-11,21H2,1-4H3. The second kappa shape index (κ2) is 6.38. The Morgan fingerprint density at radius 3 is 2.57 bits per heavy atom. The van der Waals surface area contributed by atoms with Crippen LogP contribution in [0.3, 0.4) is 0 Å². The van der Waals surface area contributed by atoms with E-state index in [1.807, 2.05) is 6.92 Å². The average Bonchev–Trinajstić information content (AvgIpc) is 3.15. The fourth-order valence-corrected chi connectivity index (χ4v) is 6.50. The maximum absolute atomic E-state index is 12.5. The average molecular weight is 322 g/mol. The summed E-state index contributed by atoms with van der Waals surface area (Å²) in [7, 11) is 0. The third-order valence-electron chi connectivity index (χ3n) is 7.35. The lowest BCUT2D eigenvalue weighted by Gasteiger charge is -2.44. The Morgan fingerprint density at radius 1 is 1.22 bits per heavy atom. The molecule has 3 rings (SSSR count). The van der Waals surface area contributed by atoms with Gasteiger partial charge in [-0.05, 0) is 68.1 Å². The van der Waals surface area contributed by atoms with Crippen LogP contribution in [0.5, 0.6) is 0 Å². The van der Waals surface area contributed by atoms with E-state index in [-0.39, 0.29) is 11.6 Å². The van der Waals surface area contributed by atoms with Crippen molar-refractivity contribution in [1.29, 1.82) is 0 Å². The van der Waals surface area contributed by atoms with Crippen molar-refractivity contribution in [3.05, 3.63) is 0 Å². The lowest BCUT2D eigenvalue weighted by molar-refractivity contribution is -0.174. The first-order chi connectivity index (χ1) is 10.9. The van der Waals surface area contributed by atoms with Crippen molar-refractivity contribution in [2.24, 2.45) is 41.2 Å². The molecule has 132 valence electrons. The van der Waals surface area contributed by atoms with Crippen LogP contribution in [0.1, 0.15) is 72.6 Å². The SMILES string of the molecule is CCCCC1(OC(=O)C(N)CC)CC2CC1C1C(C)CC(C)C21. The molecule has 0 amide bonds. The molecule has 0 aromatic carbocycles. The molecule has 0 aromatic heterocycles. The summed E-state index contributed by atoms with van der Waals surface area (Å²) in [5.74, 6) is 4.47. The van der Waals surface area contributed by atoms with Crippen LogP contribution < -0.4 is 5.73 Å². The van der Waals surface area contributed by atoms with Crippen LogP contribution in [-0.2, 0) is 9.53 Å². The molecule has 3 aliphatic carbocycles. The summed E-state index contributed by atoms with van der Waals surface area (Å²) < 4.78 is 6.22. The fraction of sp³-hybridized carbons (Fsp3) is 0.950. The monoisotopic (exact) mass is 321 g/mol. The first-order valence-electron chi connectivity index (χ1n) is 9.92. The molecule has 3 nitrogen and oxygen atoms in total. The minimum Gasteiger partial charge on any atom is -0.458 e. The smallest absolute Gasteiger partial charge is 0.323 e. The molecular weight excluding hydrogens is 286 g/mol. The predicted octanol–water partition coefficient (Wildman–Crippen LogP) is 4.14. The molecule has 0 spiro atoms. The van der Waals surface area contributed by atoms with E-state index in [1.54, 1.807) is 0 Å². The molecule has 0 aromatic rings. The summed E-state index contributed by atoms with van der Waals surface area (Å²) in [6, 6.07) is -0.455. The highest BCUT2D eigenvalue weighted by Gasteiger charge is 2.65. The normalized spacial score (nSPS) is 46.0. The number of hydrogen-bond donors (Lipinski definition) is 1. The molecule has 0 heterocycles. The second-order valence-corrected chi connectivity index (χ2v) is 8.76. The fourth-order valence-electron chi connectivity index (χ4n) is 6.50. The van der Waals surface area contributed by atoms with Crippen molar-refractivity contribution in [2.45, 2.75) is 84.3 Å². The Morgan fingerprint density at radius 2 is 1.91 bits per heavy atom. The first-order valence-corrected chi connectivity index (χ1v) is 9.92. The van der Waals surface area contributed by atoms with Gasteiger partial charge in [-0.3, -0.25) is 4.79 Å². The molecular formula is C20H35NO2. The van der Waals surface area contributed by atoms with Gasteiger partial charge in [-0.15, -0.1) is 0 Å². The summed E-state index contributed by atoms with van der Waals surface area (Å²) in [5, 5.41) is 0. The van der Waals surface area contributed by atoms with Crippen LogP contribution >= 0.6 is 0 Å². The van der Waals surface area contributed by atoms with E-state index in [9.17, 15) is 4.79 Å². The largest absolute Gasteiger partial charge is 0.458 e. The Labute approximate surface area is 141 Å². The topological polar surface area (TPSA) is 52.3 Å². The zero-order valence-corrected chi connectivity index (χ0v) is 15.4. The minimum atomic E-state index is -0.455. The van der Waals surface area contributed by atoms with Crippen LogP contribution in [-0.4, -0.2) is 17.6 Å². The van der Waals surface area contributed by atoms with Gasteiger partial charge >= 0.3 is 5.97 Å². The van der Waals surface area contributed by atoms with E-state index in [0.29, 0.717) is 12.3 Å². The highest BCUT2D eigenvalue weighted by Crippen LogP contribution is 2.67. The van der Waals surface area contributed by atoms with E-state index in [0.717, 1.165) is 55.3 Å². The second-order valence-electron chi connectivity index (χ2n) is 8.76. The zero-order valence-electron chi connectivity index (χ0n) is 15.4. The molecule has 0 saturated heterocycles. The van der Waals surface area contributed by atoms with Crippen LogP contribution in [0, 0.1) is 35.5 Å². The highest BCUT2D eigenvalue weighted by molar-refractivity contribution is 5.76. The van der Waals surface area contributed by atoms with Crippen molar-refractivity contribution < 1.29 is 9.53 Å². The summed E-state index contributed by atoms with van der Waals surface area (Å²) in [6.07, 6.45) is 7.75. The third-order valence-corrected chi connectivity index (χ3v) is 7.35. The number of ether oxygens (including phenoxy) is 1. The summed E-state index contributed by atoms with van der Waals surface area (Å²) in [5.41, 5.74) is 5.76. The van der Waals surface area contributed by atoms with Crippen LogP contribution in [0.2, 0.25) is 0 Å². The van der Waals surface area contributed by atoms with Gasteiger partial charge < -0.3 is 10.5 Å². The maximum atomic E-state index is 12.5. The number of unbranched alkanes of at least 4 members (excludes halogenated alkanes) is 1. The van der Waals surface area contributed by atoms with E-state index < -0.39 is 6.04 Å². The number of hydrogen-bond acceptors (Lipinski definition) is 3. The van der Waals surface area contributed by atoms with Gasteiger partial charge in [0.25, 0.3) is 0 Å². The number of fused-ring (bicyclic) bond motifs is 5. The molecule has 23 heavy (non-hydrogen) atoms. The summed E-state index contributed by atoms with van der Waals surface area (Å²) >= 11 is 0. The third kappa shape index (κ3) is 2.73.